The van der Waals surface area contributed by atoms with Crippen molar-refractivity contribution in [2.45, 2.75) is 33.1 Å². The molecule has 0 aromatic carbocycles. The monoisotopic (exact) mass is 193 g/mol. The van der Waals surface area contributed by atoms with Crippen LogP contribution < -0.4 is 0 Å². The first kappa shape index (κ1) is 12.8. The molecule has 0 saturated heterocycles. The second-order valence-electron chi connectivity index (χ2n) is 3.01. The van der Waals surface area contributed by atoms with Gasteiger partial charge in [0.1, 0.15) is 0 Å². The van der Waals surface area contributed by atoms with Crippen LogP contribution in [0.5, 0.6) is 0 Å². The molecule has 0 fully saturated rings. The lowest BCUT2D eigenvalue weighted by atomic mass is 10.1. The molecule has 14 heavy (non-hydrogen) atoms. The summed E-state index contributed by atoms with van der Waals surface area (Å²) < 4.78 is 0. The van der Waals surface area contributed by atoms with Gasteiger partial charge in [-0.25, -0.2) is 0 Å². The fraction of sp³-hybridized carbons (Fsp3) is 0.500. The smallest absolute Gasteiger partial charge is 0.0848 e. The Balaban J connectivity index is 3.85. The van der Waals surface area contributed by atoms with E-state index in [1.807, 2.05) is 25.2 Å². The summed E-state index contributed by atoms with van der Waals surface area (Å²) >= 11 is 0. The number of nitroso groups, excluding NO2 is 1. The first-order valence-corrected chi connectivity index (χ1v) is 5.10. The highest BCUT2D eigenvalue weighted by Crippen LogP contribution is 2.07. The summed E-state index contributed by atoms with van der Waals surface area (Å²) in [6, 6.07) is 0. The summed E-state index contributed by atoms with van der Waals surface area (Å²) in [7, 11) is 0. The van der Waals surface area contributed by atoms with E-state index in [0.29, 0.717) is 6.54 Å². The van der Waals surface area contributed by atoms with Gasteiger partial charge in [-0.15, -0.1) is 0 Å². The molecule has 0 aromatic rings. The van der Waals surface area contributed by atoms with E-state index >= 15 is 0 Å². The molecule has 2 heteroatoms. The average molecular weight is 193 g/mol. The van der Waals surface area contributed by atoms with Gasteiger partial charge < -0.3 is 0 Å². The van der Waals surface area contributed by atoms with Gasteiger partial charge in [-0.2, -0.15) is 4.91 Å². The van der Waals surface area contributed by atoms with Crippen LogP contribution >= 0.6 is 0 Å². The van der Waals surface area contributed by atoms with Gasteiger partial charge in [-0.3, -0.25) is 0 Å². The van der Waals surface area contributed by atoms with Gasteiger partial charge in [0, 0.05) is 0 Å². The van der Waals surface area contributed by atoms with E-state index in [9.17, 15) is 4.91 Å². The standard InChI is InChI=1S/C12H19NO/c1-3-5-6-7-8-9-12(4-2)10-11-13-14/h3,5-7,9H,4,8,10-11H2,1-2H3/b5-3-,7-6-,12-9+. The van der Waals surface area contributed by atoms with E-state index < -0.39 is 0 Å². The Bertz CT molecular complexity index is 226. The largest absolute Gasteiger partial charge is 0.151 e. The van der Waals surface area contributed by atoms with E-state index in [4.69, 9.17) is 0 Å². The van der Waals surface area contributed by atoms with Crippen LogP contribution in [0.2, 0.25) is 0 Å². The molecule has 0 aliphatic heterocycles. The molecule has 0 heterocycles. The fourth-order valence-corrected chi connectivity index (χ4v) is 1.12. The second kappa shape index (κ2) is 9.90. The minimum Gasteiger partial charge on any atom is -0.151 e. The molecule has 0 aliphatic rings. The van der Waals surface area contributed by atoms with Gasteiger partial charge in [0.2, 0.25) is 0 Å². The molecular formula is C12H19NO. The zero-order chi connectivity index (χ0) is 10.6. The topological polar surface area (TPSA) is 29.4 Å². The highest BCUT2D eigenvalue weighted by molar-refractivity contribution is 5.08. The van der Waals surface area contributed by atoms with Gasteiger partial charge in [0.05, 0.1) is 6.54 Å². The van der Waals surface area contributed by atoms with Crippen LogP contribution in [-0.2, 0) is 0 Å². The maximum atomic E-state index is 9.94. The predicted molar refractivity (Wildman–Crippen MR) is 62.2 cm³/mol. The molecule has 2 nitrogen and oxygen atoms in total. The first-order valence-electron chi connectivity index (χ1n) is 5.10. The Hall–Kier alpha value is -1.18. The summed E-state index contributed by atoms with van der Waals surface area (Å²) in [6.45, 7) is 4.50. The van der Waals surface area contributed by atoms with Crippen LogP contribution in [0, 0.1) is 4.91 Å². The fourth-order valence-electron chi connectivity index (χ4n) is 1.12. The molecule has 0 radical (unpaired) electrons. The molecule has 0 amide bonds. The molecule has 0 bridgehead atoms. The SMILES string of the molecule is C/C=C\C=C/C/C=C(\CC)CCN=O. The average Bonchev–Trinajstić information content (AvgIpc) is 2.22. The molecule has 0 atom stereocenters. The number of hydrogen-bond acceptors (Lipinski definition) is 2. The lowest BCUT2D eigenvalue weighted by molar-refractivity contribution is 0.882. The number of rotatable bonds is 7. The predicted octanol–water partition coefficient (Wildman–Crippen LogP) is 4.00. The summed E-state index contributed by atoms with van der Waals surface area (Å²) in [5, 5.41) is 2.86. The third-order valence-electron chi connectivity index (χ3n) is 1.96. The van der Waals surface area contributed by atoms with E-state index in [0.717, 1.165) is 19.3 Å². The minimum atomic E-state index is 0.401. The highest BCUT2D eigenvalue weighted by Gasteiger charge is 1.92. The second-order valence-corrected chi connectivity index (χ2v) is 3.01. The molecule has 78 valence electrons. The zero-order valence-corrected chi connectivity index (χ0v) is 9.07. The molecule has 0 N–H and O–H groups in total. The van der Waals surface area contributed by atoms with Crippen LogP contribution in [0.15, 0.2) is 41.1 Å². The van der Waals surface area contributed by atoms with E-state index in [1.54, 1.807) is 0 Å². The molecule has 0 saturated carbocycles. The van der Waals surface area contributed by atoms with Crippen LogP contribution in [0.1, 0.15) is 33.1 Å². The molecule has 0 spiro atoms. The van der Waals surface area contributed by atoms with E-state index in [1.165, 1.54) is 5.57 Å². The van der Waals surface area contributed by atoms with Crippen LogP contribution in [-0.4, -0.2) is 6.54 Å². The number of allylic oxidation sites excluding steroid dienone is 5. The summed E-state index contributed by atoms with van der Waals surface area (Å²) in [5.74, 6) is 0. The van der Waals surface area contributed by atoms with E-state index in [2.05, 4.69) is 24.3 Å². The zero-order valence-electron chi connectivity index (χ0n) is 9.07. The van der Waals surface area contributed by atoms with Gasteiger partial charge in [-0.05, 0) is 26.2 Å². The van der Waals surface area contributed by atoms with Crippen molar-refractivity contribution in [3.05, 3.63) is 40.9 Å². The lowest BCUT2D eigenvalue weighted by Crippen LogP contribution is -1.85. The maximum absolute atomic E-state index is 9.94. The Morgan fingerprint density at radius 1 is 1.36 bits per heavy atom. The third kappa shape index (κ3) is 7.47. The maximum Gasteiger partial charge on any atom is 0.0848 e. The van der Waals surface area contributed by atoms with Crippen molar-refractivity contribution in [1.82, 2.24) is 0 Å². The van der Waals surface area contributed by atoms with Gasteiger partial charge in [-0.1, -0.05) is 48.1 Å². The normalized spacial score (nSPS) is 12.9. The van der Waals surface area contributed by atoms with Crippen molar-refractivity contribution in [3.8, 4) is 0 Å². The summed E-state index contributed by atoms with van der Waals surface area (Å²) in [5.41, 5.74) is 1.31. The lowest BCUT2D eigenvalue weighted by Gasteiger charge is -1.98. The van der Waals surface area contributed by atoms with Crippen LogP contribution in [0.4, 0.5) is 0 Å². The molecule has 0 unspecified atom stereocenters. The van der Waals surface area contributed by atoms with Crippen LogP contribution in [0.3, 0.4) is 0 Å². The first-order chi connectivity index (χ1) is 6.85. The summed E-state index contributed by atoms with van der Waals surface area (Å²) in [6.07, 6.45) is 13.1. The van der Waals surface area contributed by atoms with Crippen molar-refractivity contribution in [2.75, 3.05) is 6.54 Å². The van der Waals surface area contributed by atoms with Crippen molar-refractivity contribution < 1.29 is 0 Å². The highest BCUT2D eigenvalue weighted by atomic mass is 16.3. The molecule has 0 aromatic heterocycles. The van der Waals surface area contributed by atoms with Crippen molar-refractivity contribution in [1.29, 1.82) is 0 Å². The molecule has 0 aliphatic carbocycles. The Kier molecular flexibility index (Phi) is 9.07. The van der Waals surface area contributed by atoms with Crippen molar-refractivity contribution in [3.63, 3.8) is 0 Å². The third-order valence-corrected chi connectivity index (χ3v) is 1.96. The number of nitrogens with zero attached hydrogens (tertiary/aromatic N) is 1. The van der Waals surface area contributed by atoms with Gasteiger partial charge >= 0.3 is 0 Å². The Morgan fingerprint density at radius 2 is 2.14 bits per heavy atom. The van der Waals surface area contributed by atoms with Crippen molar-refractivity contribution in [2.24, 2.45) is 5.18 Å². The Labute approximate surface area is 86.4 Å². The molecule has 0 rings (SSSR count). The quantitative estimate of drug-likeness (QED) is 0.341. The molecular weight excluding hydrogens is 174 g/mol. The van der Waals surface area contributed by atoms with Gasteiger partial charge in [0.25, 0.3) is 0 Å². The Morgan fingerprint density at radius 3 is 2.71 bits per heavy atom. The summed E-state index contributed by atoms with van der Waals surface area (Å²) in [4.78, 5) is 9.94. The van der Waals surface area contributed by atoms with Crippen LogP contribution in [0.25, 0.3) is 0 Å². The minimum absolute atomic E-state index is 0.401. The van der Waals surface area contributed by atoms with Gasteiger partial charge in [0.15, 0.2) is 0 Å². The van der Waals surface area contributed by atoms with Crippen molar-refractivity contribution >= 4 is 0 Å². The number of hydrogen-bond donors (Lipinski definition) is 0. The van der Waals surface area contributed by atoms with E-state index in [-0.39, 0.29) is 0 Å².